The average molecular weight is 203 g/mol. The first kappa shape index (κ1) is 13.9. The summed E-state index contributed by atoms with van der Waals surface area (Å²) in [6.45, 7) is 10.6. The van der Waals surface area contributed by atoms with Gasteiger partial charge in [0.1, 0.15) is 0 Å². The molecule has 3 nitrogen and oxygen atoms in total. The summed E-state index contributed by atoms with van der Waals surface area (Å²) in [5, 5.41) is 3.25. The molecule has 0 radical (unpaired) electrons. The number of rotatable bonds is 8. The predicted octanol–water partition coefficient (Wildman–Crippen LogP) is 1.67. The molecule has 0 aromatic carbocycles. The van der Waals surface area contributed by atoms with Gasteiger partial charge in [-0.3, -0.25) is 0 Å². The van der Waals surface area contributed by atoms with Crippen molar-refractivity contribution in [3.05, 3.63) is 0 Å². The standard InChI is InChI=1S/C11H25NO2/c1-6-13-8-10(12-5)11(9(3)4)14-7-2/h9-12H,6-8H2,1-5H3. The van der Waals surface area contributed by atoms with E-state index in [0.717, 1.165) is 19.8 Å². The van der Waals surface area contributed by atoms with Gasteiger partial charge >= 0.3 is 0 Å². The fourth-order valence-corrected chi connectivity index (χ4v) is 1.55. The summed E-state index contributed by atoms with van der Waals surface area (Å²) in [6.07, 6.45) is 0.233. The molecule has 0 aliphatic carbocycles. The molecule has 1 N–H and O–H groups in total. The summed E-state index contributed by atoms with van der Waals surface area (Å²) in [5.41, 5.74) is 0. The molecule has 0 aliphatic rings. The molecule has 3 heteroatoms. The van der Waals surface area contributed by atoms with E-state index in [1.165, 1.54) is 0 Å². The molecule has 0 saturated carbocycles. The Balaban J connectivity index is 4.11. The zero-order chi connectivity index (χ0) is 11.0. The Morgan fingerprint density at radius 3 is 2.14 bits per heavy atom. The number of hydrogen-bond acceptors (Lipinski definition) is 3. The van der Waals surface area contributed by atoms with Crippen molar-refractivity contribution in [2.75, 3.05) is 26.9 Å². The normalized spacial score (nSPS) is 15.9. The summed E-state index contributed by atoms with van der Waals surface area (Å²) in [5.74, 6) is 0.507. The van der Waals surface area contributed by atoms with Crippen molar-refractivity contribution in [1.29, 1.82) is 0 Å². The van der Waals surface area contributed by atoms with E-state index in [1.807, 2.05) is 20.9 Å². The highest BCUT2D eigenvalue weighted by Gasteiger charge is 2.23. The van der Waals surface area contributed by atoms with Crippen molar-refractivity contribution in [3.63, 3.8) is 0 Å². The Hall–Kier alpha value is -0.120. The lowest BCUT2D eigenvalue weighted by Gasteiger charge is -2.29. The highest BCUT2D eigenvalue weighted by Crippen LogP contribution is 2.11. The first-order chi connectivity index (χ1) is 6.67. The molecule has 0 spiro atoms. The summed E-state index contributed by atoms with van der Waals surface area (Å²) < 4.78 is 11.1. The van der Waals surface area contributed by atoms with Gasteiger partial charge < -0.3 is 14.8 Å². The molecular formula is C11H25NO2. The summed E-state index contributed by atoms with van der Waals surface area (Å²) >= 11 is 0. The molecule has 0 bridgehead atoms. The van der Waals surface area contributed by atoms with E-state index in [4.69, 9.17) is 9.47 Å². The largest absolute Gasteiger partial charge is 0.380 e. The topological polar surface area (TPSA) is 30.5 Å². The van der Waals surface area contributed by atoms with Gasteiger partial charge in [0.25, 0.3) is 0 Å². The van der Waals surface area contributed by atoms with Crippen LogP contribution < -0.4 is 5.32 Å². The maximum atomic E-state index is 5.71. The maximum Gasteiger partial charge on any atom is 0.0773 e. The Bertz CT molecular complexity index is 128. The minimum atomic E-state index is 0.233. The monoisotopic (exact) mass is 203 g/mol. The van der Waals surface area contributed by atoms with Crippen molar-refractivity contribution < 1.29 is 9.47 Å². The van der Waals surface area contributed by atoms with Crippen LogP contribution in [0.1, 0.15) is 27.7 Å². The SMILES string of the molecule is CCOCC(NC)C(OCC)C(C)C. The second kappa shape index (κ2) is 8.21. The zero-order valence-corrected chi connectivity index (χ0v) is 10.2. The van der Waals surface area contributed by atoms with Crippen LogP contribution in [0, 0.1) is 5.92 Å². The van der Waals surface area contributed by atoms with Crippen LogP contribution >= 0.6 is 0 Å². The maximum absolute atomic E-state index is 5.71. The Kier molecular flexibility index (Phi) is 8.14. The van der Waals surface area contributed by atoms with E-state index in [9.17, 15) is 0 Å². The van der Waals surface area contributed by atoms with Crippen molar-refractivity contribution in [2.45, 2.75) is 39.8 Å². The molecule has 86 valence electrons. The molecule has 2 unspecified atom stereocenters. The fraction of sp³-hybridized carbons (Fsp3) is 1.00. The number of hydrogen-bond donors (Lipinski definition) is 1. The van der Waals surface area contributed by atoms with Crippen LogP contribution in [-0.4, -0.2) is 39.0 Å². The van der Waals surface area contributed by atoms with Gasteiger partial charge in [-0.15, -0.1) is 0 Å². The van der Waals surface area contributed by atoms with Gasteiger partial charge in [0, 0.05) is 13.2 Å². The lowest BCUT2D eigenvalue weighted by atomic mass is 10.00. The summed E-state index contributed by atoms with van der Waals surface area (Å²) in [4.78, 5) is 0. The number of likely N-dealkylation sites (N-methyl/N-ethyl adjacent to an activating group) is 1. The molecule has 0 amide bonds. The van der Waals surface area contributed by atoms with Crippen molar-refractivity contribution in [3.8, 4) is 0 Å². The zero-order valence-electron chi connectivity index (χ0n) is 10.2. The second-order valence-corrected chi connectivity index (χ2v) is 3.72. The van der Waals surface area contributed by atoms with E-state index >= 15 is 0 Å². The quantitative estimate of drug-likeness (QED) is 0.651. The smallest absolute Gasteiger partial charge is 0.0773 e. The van der Waals surface area contributed by atoms with E-state index in [1.54, 1.807) is 0 Å². The Morgan fingerprint density at radius 1 is 1.14 bits per heavy atom. The molecule has 0 rings (SSSR count). The molecule has 0 aromatic heterocycles. The predicted molar refractivity (Wildman–Crippen MR) is 59.6 cm³/mol. The minimum Gasteiger partial charge on any atom is -0.380 e. The lowest BCUT2D eigenvalue weighted by Crippen LogP contribution is -2.45. The first-order valence-electron chi connectivity index (χ1n) is 5.53. The van der Waals surface area contributed by atoms with Gasteiger partial charge in [-0.2, -0.15) is 0 Å². The van der Waals surface area contributed by atoms with Crippen LogP contribution in [0.2, 0.25) is 0 Å². The molecule has 0 heterocycles. The molecule has 0 aromatic rings. The molecular weight excluding hydrogens is 178 g/mol. The van der Waals surface area contributed by atoms with Crippen LogP contribution in [0.4, 0.5) is 0 Å². The third-order valence-corrected chi connectivity index (χ3v) is 2.29. The Labute approximate surface area is 88.2 Å². The highest BCUT2D eigenvalue weighted by molar-refractivity contribution is 4.78. The molecule has 14 heavy (non-hydrogen) atoms. The van der Waals surface area contributed by atoms with Gasteiger partial charge in [0.05, 0.1) is 18.8 Å². The van der Waals surface area contributed by atoms with Crippen LogP contribution in [0.3, 0.4) is 0 Å². The van der Waals surface area contributed by atoms with Crippen LogP contribution in [0.25, 0.3) is 0 Å². The van der Waals surface area contributed by atoms with Crippen LogP contribution in [0.5, 0.6) is 0 Å². The summed E-state index contributed by atoms with van der Waals surface area (Å²) in [7, 11) is 1.96. The highest BCUT2D eigenvalue weighted by atomic mass is 16.5. The first-order valence-corrected chi connectivity index (χ1v) is 5.53. The van der Waals surface area contributed by atoms with Gasteiger partial charge in [-0.25, -0.2) is 0 Å². The summed E-state index contributed by atoms with van der Waals surface area (Å²) in [6, 6.07) is 0.287. The third-order valence-electron chi connectivity index (χ3n) is 2.29. The third kappa shape index (κ3) is 4.94. The van der Waals surface area contributed by atoms with E-state index < -0.39 is 0 Å². The van der Waals surface area contributed by atoms with Crippen LogP contribution in [-0.2, 0) is 9.47 Å². The van der Waals surface area contributed by atoms with Gasteiger partial charge in [0.2, 0.25) is 0 Å². The van der Waals surface area contributed by atoms with Gasteiger partial charge in [-0.1, -0.05) is 13.8 Å². The number of ether oxygens (including phenoxy) is 2. The van der Waals surface area contributed by atoms with Crippen molar-refractivity contribution in [1.82, 2.24) is 5.32 Å². The molecule has 0 fully saturated rings. The lowest BCUT2D eigenvalue weighted by molar-refractivity contribution is -0.0200. The van der Waals surface area contributed by atoms with E-state index in [-0.39, 0.29) is 12.1 Å². The van der Waals surface area contributed by atoms with Gasteiger partial charge in [0.15, 0.2) is 0 Å². The van der Waals surface area contributed by atoms with Crippen molar-refractivity contribution in [2.24, 2.45) is 5.92 Å². The molecule has 0 saturated heterocycles. The Morgan fingerprint density at radius 2 is 1.79 bits per heavy atom. The van der Waals surface area contributed by atoms with E-state index in [2.05, 4.69) is 19.2 Å². The molecule has 0 aliphatic heterocycles. The second-order valence-electron chi connectivity index (χ2n) is 3.72. The fourth-order valence-electron chi connectivity index (χ4n) is 1.55. The average Bonchev–Trinajstić information content (AvgIpc) is 2.17. The van der Waals surface area contributed by atoms with Crippen LogP contribution in [0.15, 0.2) is 0 Å². The molecule has 2 atom stereocenters. The van der Waals surface area contributed by atoms with Crippen molar-refractivity contribution >= 4 is 0 Å². The van der Waals surface area contributed by atoms with E-state index in [0.29, 0.717) is 5.92 Å². The minimum absolute atomic E-state index is 0.233. The number of nitrogens with one attached hydrogen (secondary N) is 1. The van der Waals surface area contributed by atoms with Gasteiger partial charge in [-0.05, 0) is 26.8 Å².